The van der Waals surface area contributed by atoms with E-state index >= 15 is 0 Å². The van der Waals surface area contributed by atoms with Gasteiger partial charge in [-0.15, -0.1) is 0 Å². The van der Waals surface area contributed by atoms with Gasteiger partial charge in [-0.05, 0) is 30.9 Å². The summed E-state index contributed by atoms with van der Waals surface area (Å²) in [7, 11) is 0. The molecule has 0 heterocycles. The van der Waals surface area contributed by atoms with Crippen LogP contribution in [-0.4, -0.2) is 16.1 Å². The van der Waals surface area contributed by atoms with Gasteiger partial charge in [-0.25, -0.2) is 4.39 Å². The van der Waals surface area contributed by atoms with Crippen molar-refractivity contribution in [2.75, 3.05) is 0 Å². The SMILES string of the molecule is CCC(Cc1cc(F)cc([N+](=O)[O-])c1)C(C)O. The number of halogens is 1. The molecule has 0 amide bonds. The minimum Gasteiger partial charge on any atom is -0.393 e. The van der Waals surface area contributed by atoms with Crippen LogP contribution in [0.3, 0.4) is 0 Å². The number of hydrogen-bond acceptors (Lipinski definition) is 3. The molecule has 1 aromatic rings. The Balaban J connectivity index is 2.94. The monoisotopic (exact) mass is 241 g/mol. The van der Waals surface area contributed by atoms with Gasteiger partial charge in [0.05, 0.1) is 17.1 Å². The van der Waals surface area contributed by atoms with Crippen LogP contribution >= 0.6 is 0 Å². The normalized spacial score (nSPS) is 14.4. The molecule has 0 aromatic heterocycles. The predicted octanol–water partition coefficient (Wildman–Crippen LogP) is 2.68. The zero-order valence-electron chi connectivity index (χ0n) is 9.89. The van der Waals surface area contributed by atoms with E-state index in [1.54, 1.807) is 6.92 Å². The van der Waals surface area contributed by atoms with Crippen LogP contribution < -0.4 is 0 Å². The highest BCUT2D eigenvalue weighted by Gasteiger charge is 2.16. The average Bonchev–Trinajstić information content (AvgIpc) is 2.24. The molecular weight excluding hydrogens is 225 g/mol. The Kier molecular flexibility index (Phi) is 4.57. The number of nitrogens with zero attached hydrogens (tertiary/aromatic N) is 1. The summed E-state index contributed by atoms with van der Waals surface area (Å²) >= 11 is 0. The molecule has 0 spiro atoms. The third-order valence-corrected chi connectivity index (χ3v) is 2.86. The molecule has 2 atom stereocenters. The Hall–Kier alpha value is -1.49. The minimum absolute atomic E-state index is 0.0172. The van der Waals surface area contributed by atoms with Gasteiger partial charge in [0.1, 0.15) is 5.82 Å². The summed E-state index contributed by atoms with van der Waals surface area (Å²) in [6, 6.07) is 3.53. The van der Waals surface area contributed by atoms with E-state index in [1.165, 1.54) is 12.1 Å². The van der Waals surface area contributed by atoms with E-state index in [1.807, 2.05) is 6.92 Å². The Bertz CT molecular complexity index is 407. The minimum atomic E-state index is -0.616. The largest absolute Gasteiger partial charge is 0.393 e. The Labute approximate surface area is 99.2 Å². The quantitative estimate of drug-likeness (QED) is 0.636. The number of aliphatic hydroxyl groups is 1. The van der Waals surface area contributed by atoms with E-state index in [9.17, 15) is 19.6 Å². The predicted molar refractivity (Wildman–Crippen MR) is 62.2 cm³/mol. The van der Waals surface area contributed by atoms with Crippen LogP contribution in [0.1, 0.15) is 25.8 Å². The second kappa shape index (κ2) is 5.72. The molecule has 0 saturated heterocycles. The summed E-state index contributed by atoms with van der Waals surface area (Å²) in [6.45, 7) is 3.59. The summed E-state index contributed by atoms with van der Waals surface area (Å²) in [5, 5.41) is 20.1. The molecule has 0 aliphatic heterocycles. The van der Waals surface area contributed by atoms with Crippen LogP contribution in [0, 0.1) is 21.8 Å². The van der Waals surface area contributed by atoms with Crippen molar-refractivity contribution in [3.63, 3.8) is 0 Å². The molecule has 4 nitrogen and oxygen atoms in total. The smallest absolute Gasteiger partial charge is 0.272 e. The molecular formula is C12H16FNO3. The first kappa shape index (κ1) is 13.6. The molecule has 0 aliphatic rings. The Morgan fingerprint density at radius 1 is 1.47 bits per heavy atom. The Morgan fingerprint density at radius 2 is 2.12 bits per heavy atom. The first-order valence-electron chi connectivity index (χ1n) is 5.56. The molecule has 2 unspecified atom stereocenters. The van der Waals surface area contributed by atoms with E-state index in [2.05, 4.69) is 0 Å². The fourth-order valence-electron chi connectivity index (χ4n) is 1.82. The van der Waals surface area contributed by atoms with Gasteiger partial charge >= 0.3 is 0 Å². The number of rotatable bonds is 5. The van der Waals surface area contributed by atoms with Crippen molar-refractivity contribution in [2.24, 2.45) is 5.92 Å². The van der Waals surface area contributed by atoms with E-state index in [0.717, 1.165) is 12.5 Å². The van der Waals surface area contributed by atoms with Crippen LogP contribution in [0.15, 0.2) is 18.2 Å². The molecule has 0 aliphatic carbocycles. The maximum Gasteiger partial charge on any atom is 0.272 e. The fraction of sp³-hybridized carbons (Fsp3) is 0.500. The standard InChI is InChI=1S/C12H16FNO3/c1-3-10(8(2)15)4-9-5-11(13)7-12(6-9)14(16)17/h5-8,10,15H,3-4H2,1-2H3. The van der Waals surface area contributed by atoms with Gasteiger partial charge in [0.15, 0.2) is 0 Å². The third-order valence-electron chi connectivity index (χ3n) is 2.86. The number of nitro groups is 1. The van der Waals surface area contributed by atoms with E-state index in [4.69, 9.17) is 0 Å². The number of benzene rings is 1. The van der Waals surface area contributed by atoms with Crippen LogP contribution in [0.25, 0.3) is 0 Å². The van der Waals surface area contributed by atoms with Crippen molar-refractivity contribution in [1.29, 1.82) is 0 Å². The van der Waals surface area contributed by atoms with Crippen LogP contribution in [-0.2, 0) is 6.42 Å². The molecule has 1 rings (SSSR count). The summed E-state index contributed by atoms with van der Waals surface area (Å²) in [4.78, 5) is 9.97. The second-order valence-electron chi connectivity index (χ2n) is 4.19. The van der Waals surface area contributed by atoms with Gasteiger partial charge in [0.25, 0.3) is 5.69 Å². The van der Waals surface area contributed by atoms with Crippen molar-refractivity contribution < 1.29 is 14.4 Å². The molecule has 0 radical (unpaired) electrons. The summed E-state index contributed by atoms with van der Waals surface area (Å²) in [5.41, 5.74) is 0.296. The lowest BCUT2D eigenvalue weighted by atomic mass is 9.92. The maximum absolute atomic E-state index is 13.2. The molecule has 1 N–H and O–H groups in total. The number of non-ortho nitro benzene ring substituents is 1. The number of hydrogen-bond donors (Lipinski definition) is 1. The highest BCUT2D eigenvalue weighted by molar-refractivity contribution is 5.35. The molecule has 5 heteroatoms. The van der Waals surface area contributed by atoms with Gasteiger partial charge in [0.2, 0.25) is 0 Å². The highest BCUT2D eigenvalue weighted by atomic mass is 19.1. The first-order valence-corrected chi connectivity index (χ1v) is 5.56. The zero-order chi connectivity index (χ0) is 13.0. The van der Waals surface area contributed by atoms with Gasteiger partial charge in [-0.3, -0.25) is 10.1 Å². The average molecular weight is 241 g/mol. The second-order valence-corrected chi connectivity index (χ2v) is 4.19. The highest BCUT2D eigenvalue weighted by Crippen LogP contribution is 2.21. The third kappa shape index (κ3) is 3.78. The Morgan fingerprint density at radius 3 is 2.59 bits per heavy atom. The summed E-state index contributed by atoms with van der Waals surface area (Å²) in [6.07, 6.45) is 0.664. The summed E-state index contributed by atoms with van der Waals surface area (Å²) in [5.74, 6) is -0.633. The van der Waals surface area contributed by atoms with E-state index in [0.29, 0.717) is 12.0 Å². The molecule has 0 bridgehead atoms. The molecule has 0 saturated carbocycles. The van der Waals surface area contributed by atoms with E-state index in [-0.39, 0.29) is 11.6 Å². The van der Waals surface area contributed by atoms with E-state index < -0.39 is 16.8 Å². The van der Waals surface area contributed by atoms with Crippen molar-refractivity contribution in [1.82, 2.24) is 0 Å². The van der Waals surface area contributed by atoms with Gasteiger partial charge in [-0.1, -0.05) is 13.3 Å². The molecule has 1 aromatic carbocycles. The topological polar surface area (TPSA) is 63.4 Å². The van der Waals surface area contributed by atoms with Crippen molar-refractivity contribution in [3.8, 4) is 0 Å². The molecule has 0 fully saturated rings. The lowest BCUT2D eigenvalue weighted by molar-refractivity contribution is -0.385. The van der Waals surface area contributed by atoms with Crippen LogP contribution in [0.2, 0.25) is 0 Å². The van der Waals surface area contributed by atoms with Gasteiger partial charge in [0, 0.05) is 6.07 Å². The first-order chi connectivity index (χ1) is 7.93. The maximum atomic E-state index is 13.2. The van der Waals surface area contributed by atoms with Crippen molar-refractivity contribution in [3.05, 3.63) is 39.7 Å². The molecule has 94 valence electrons. The zero-order valence-corrected chi connectivity index (χ0v) is 9.89. The van der Waals surface area contributed by atoms with Gasteiger partial charge < -0.3 is 5.11 Å². The van der Waals surface area contributed by atoms with Crippen LogP contribution in [0.5, 0.6) is 0 Å². The van der Waals surface area contributed by atoms with Crippen molar-refractivity contribution >= 4 is 5.69 Å². The number of aliphatic hydroxyl groups excluding tert-OH is 1. The van der Waals surface area contributed by atoms with Gasteiger partial charge in [-0.2, -0.15) is 0 Å². The van der Waals surface area contributed by atoms with Crippen LogP contribution in [0.4, 0.5) is 10.1 Å². The molecule has 17 heavy (non-hydrogen) atoms. The lowest BCUT2D eigenvalue weighted by Gasteiger charge is -2.17. The number of nitro benzene ring substituents is 1. The lowest BCUT2D eigenvalue weighted by Crippen LogP contribution is -2.18. The fourth-order valence-corrected chi connectivity index (χ4v) is 1.82. The summed E-state index contributed by atoms with van der Waals surface area (Å²) < 4.78 is 13.2. The van der Waals surface area contributed by atoms with Crippen molar-refractivity contribution in [2.45, 2.75) is 32.8 Å².